The molecular weight excluding hydrogens is 264 g/mol. The van der Waals surface area contributed by atoms with E-state index in [0.29, 0.717) is 12.8 Å². The van der Waals surface area contributed by atoms with Gasteiger partial charge in [0.25, 0.3) is 0 Å². The van der Waals surface area contributed by atoms with Gasteiger partial charge in [-0.15, -0.1) is 0 Å². The Kier molecular flexibility index (Phi) is 8.17. The maximum Gasteiger partial charge on any atom is 0.224 e. The summed E-state index contributed by atoms with van der Waals surface area (Å²) in [6.45, 7) is 4.12. The van der Waals surface area contributed by atoms with E-state index in [1.165, 1.54) is 12.8 Å². The Balaban J connectivity index is 2.36. The van der Waals surface area contributed by atoms with Crippen molar-refractivity contribution in [2.45, 2.75) is 58.8 Å². The van der Waals surface area contributed by atoms with Crippen molar-refractivity contribution in [2.24, 2.45) is 0 Å². The number of anilines is 2. The first-order chi connectivity index (χ1) is 10.2. The van der Waals surface area contributed by atoms with Gasteiger partial charge in [-0.25, -0.2) is 0 Å². The summed E-state index contributed by atoms with van der Waals surface area (Å²) in [5.41, 5.74) is 1.53. The molecule has 2 N–H and O–H groups in total. The van der Waals surface area contributed by atoms with Crippen molar-refractivity contribution in [3.05, 3.63) is 24.3 Å². The van der Waals surface area contributed by atoms with E-state index in [1.54, 1.807) is 12.1 Å². The minimum atomic E-state index is 0.0187. The second kappa shape index (κ2) is 9.97. The summed E-state index contributed by atoms with van der Waals surface area (Å²) in [5.74, 6) is 0.0686. The highest BCUT2D eigenvalue weighted by Crippen LogP contribution is 2.14. The molecule has 116 valence electrons. The standard InChI is InChI=1S/C17H26N2O2/c1-3-5-6-7-9-17(21)19-15-12-10-14(11-13-15)18-16(20)8-4-2/h10-13H,3-9H2,1-2H3,(H,18,20)(H,19,21). The lowest BCUT2D eigenvalue weighted by molar-refractivity contribution is -0.117. The number of hydrogen-bond acceptors (Lipinski definition) is 2. The van der Waals surface area contributed by atoms with Gasteiger partial charge in [0.2, 0.25) is 11.8 Å². The highest BCUT2D eigenvalue weighted by atomic mass is 16.2. The fourth-order valence-electron chi connectivity index (χ4n) is 2.02. The first-order valence-corrected chi connectivity index (χ1v) is 7.85. The smallest absolute Gasteiger partial charge is 0.224 e. The summed E-state index contributed by atoms with van der Waals surface area (Å²) >= 11 is 0. The van der Waals surface area contributed by atoms with E-state index in [0.717, 1.165) is 30.6 Å². The molecule has 0 saturated carbocycles. The molecule has 4 nitrogen and oxygen atoms in total. The van der Waals surface area contributed by atoms with Gasteiger partial charge < -0.3 is 10.6 Å². The molecule has 0 radical (unpaired) electrons. The van der Waals surface area contributed by atoms with Crippen LogP contribution in [0.2, 0.25) is 0 Å². The van der Waals surface area contributed by atoms with Gasteiger partial charge in [-0.2, -0.15) is 0 Å². The molecule has 4 heteroatoms. The number of benzene rings is 1. The van der Waals surface area contributed by atoms with Crippen LogP contribution in [0.15, 0.2) is 24.3 Å². The van der Waals surface area contributed by atoms with E-state index in [9.17, 15) is 9.59 Å². The van der Waals surface area contributed by atoms with Gasteiger partial charge in [-0.1, -0.05) is 33.1 Å². The third kappa shape index (κ3) is 7.49. The summed E-state index contributed by atoms with van der Waals surface area (Å²) in [7, 11) is 0. The number of carbonyl (C=O) groups excluding carboxylic acids is 2. The fraction of sp³-hybridized carbons (Fsp3) is 0.529. The molecule has 1 aromatic carbocycles. The zero-order valence-electron chi connectivity index (χ0n) is 13.1. The summed E-state index contributed by atoms with van der Waals surface area (Å²) in [5, 5.41) is 5.69. The zero-order chi connectivity index (χ0) is 15.5. The Morgan fingerprint density at radius 2 is 1.29 bits per heavy atom. The lowest BCUT2D eigenvalue weighted by Gasteiger charge is -2.07. The third-order valence-electron chi connectivity index (χ3n) is 3.19. The number of amides is 2. The van der Waals surface area contributed by atoms with Gasteiger partial charge >= 0.3 is 0 Å². The van der Waals surface area contributed by atoms with Crippen molar-refractivity contribution in [1.29, 1.82) is 0 Å². The van der Waals surface area contributed by atoms with E-state index in [1.807, 2.05) is 19.1 Å². The molecule has 0 aliphatic rings. The first kappa shape index (κ1) is 17.2. The van der Waals surface area contributed by atoms with Crippen LogP contribution in [0.25, 0.3) is 0 Å². The van der Waals surface area contributed by atoms with Crippen LogP contribution in [0, 0.1) is 0 Å². The summed E-state index contributed by atoms with van der Waals surface area (Å²) in [6.07, 6.45) is 6.31. The van der Waals surface area contributed by atoms with Gasteiger partial charge in [0, 0.05) is 24.2 Å². The van der Waals surface area contributed by atoms with Crippen LogP contribution < -0.4 is 10.6 Å². The van der Waals surface area contributed by atoms with E-state index >= 15 is 0 Å². The Hall–Kier alpha value is -1.84. The summed E-state index contributed by atoms with van der Waals surface area (Å²) < 4.78 is 0. The fourth-order valence-corrected chi connectivity index (χ4v) is 2.02. The topological polar surface area (TPSA) is 58.2 Å². The maximum absolute atomic E-state index is 11.7. The van der Waals surface area contributed by atoms with Crippen LogP contribution in [0.3, 0.4) is 0 Å². The van der Waals surface area contributed by atoms with Gasteiger partial charge in [-0.3, -0.25) is 9.59 Å². The van der Waals surface area contributed by atoms with Crippen LogP contribution in [0.5, 0.6) is 0 Å². The highest BCUT2D eigenvalue weighted by molar-refractivity contribution is 5.92. The number of nitrogens with one attached hydrogen (secondary N) is 2. The van der Waals surface area contributed by atoms with Crippen LogP contribution in [0.4, 0.5) is 11.4 Å². The molecule has 0 atom stereocenters. The Bertz CT molecular complexity index is 441. The molecule has 0 aliphatic carbocycles. The largest absolute Gasteiger partial charge is 0.326 e. The SMILES string of the molecule is CCCCCCC(=O)Nc1ccc(NC(=O)CCC)cc1. The van der Waals surface area contributed by atoms with Crippen LogP contribution >= 0.6 is 0 Å². The van der Waals surface area contributed by atoms with E-state index in [4.69, 9.17) is 0 Å². The Morgan fingerprint density at radius 3 is 1.76 bits per heavy atom. The third-order valence-corrected chi connectivity index (χ3v) is 3.19. The number of unbranched alkanes of at least 4 members (excludes halogenated alkanes) is 3. The molecule has 1 aromatic rings. The van der Waals surface area contributed by atoms with E-state index in [-0.39, 0.29) is 11.8 Å². The second-order valence-electron chi connectivity index (χ2n) is 5.23. The average Bonchev–Trinajstić information content (AvgIpc) is 2.46. The summed E-state index contributed by atoms with van der Waals surface area (Å²) in [6, 6.07) is 7.23. The Labute approximate surface area is 127 Å². The van der Waals surface area contributed by atoms with Gasteiger partial charge in [0.15, 0.2) is 0 Å². The normalized spacial score (nSPS) is 10.2. The first-order valence-electron chi connectivity index (χ1n) is 7.85. The molecule has 0 spiro atoms. The molecule has 0 unspecified atom stereocenters. The molecule has 0 bridgehead atoms. The number of rotatable bonds is 9. The van der Waals surface area contributed by atoms with Crippen LogP contribution in [-0.4, -0.2) is 11.8 Å². The molecule has 0 heterocycles. The zero-order valence-corrected chi connectivity index (χ0v) is 13.1. The second-order valence-corrected chi connectivity index (χ2v) is 5.23. The quantitative estimate of drug-likeness (QED) is 0.665. The molecule has 0 saturated heterocycles. The van der Waals surface area contributed by atoms with Crippen LogP contribution in [-0.2, 0) is 9.59 Å². The van der Waals surface area contributed by atoms with Gasteiger partial charge in [0.1, 0.15) is 0 Å². The number of carbonyl (C=O) groups is 2. The van der Waals surface area contributed by atoms with Crippen molar-refractivity contribution in [1.82, 2.24) is 0 Å². The van der Waals surface area contributed by atoms with E-state index in [2.05, 4.69) is 17.6 Å². The molecule has 1 rings (SSSR count). The number of hydrogen-bond donors (Lipinski definition) is 2. The maximum atomic E-state index is 11.7. The van der Waals surface area contributed by atoms with Crippen molar-refractivity contribution in [2.75, 3.05) is 10.6 Å². The Morgan fingerprint density at radius 1 is 0.762 bits per heavy atom. The predicted molar refractivity (Wildman–Crippen MR) is 87.4 cm³/mol. The minimum Gasteiger partial charge on any atom is -0.326 e. The molecule has 2 amide bonds. The lowest BCUT2D eigenvalue weighted by Crippen LogP contribution is -2.12. The molecule has 21 heavy (non-hydrogen) atoms. The minimum absolute atomic E-state index is 0.0187. The van der Waals surface area contributed by atoms with Crippen molar-refractivity contribution < 1.29 is 9.59 Å². The average molecular weight is 290 g/mol. The summed E-state index contributed by atoms with van der Waals surface area (Å²) in [4.78, 5) is 23.2. The van der Waals surface area contributed by atoms with Gasteiger partial charge in [-0.05, 0) is 37.1 Å². The molecule has 0 aromatic heterocycles. The highest BCUT2D eigenvalue weighted by Gasteiger charge is 2.03. The predicted octanol–water partition coefficient (Wildman–Crippen LogP) is 4.33. The van der Waals surface area contributed by atoms with E-state index < -0.39 is 0 Å². The molecule has 0 aliphatic heterocycles. The van der Waals surface area contributed by atoms with Crippen molar-refractivity contribution in [3.8, 4) is 0 Å². The van der Waals surface area contributed by atoms with Crippen molar-refractivity contribution >= 4 is 23.2 Å². The van der Waals surface area contributed by atoms with Crippen LogP contribution in [0.1, 0.15) is 58.8 Å². The van der Waals surface area contributed by atoms with Crippen molar-refractivity contribution in [3.63, 3.8) is 0 Å². The molecular formula is C17H26N2O2. The lowest BCUT2D eigenvalue weighted by atomic mass is 10.1. The monoisotopic (exact) mass is 290 g/mol. The van der Waals surface area contributed by atoms with Gasteiger partial charge in [0.05, 0.1) is 0 Å². The molecule has 0 fully saturated rings.